The highest BCUT2D eigenvalue weighted by Gasteiger charge is 2.28. The lowest BCUT2D eigenvalue weighted by Gasteiger charge is -2.26. The van der Waals surface area contributed by atoms with Gasteiger partial charge >= 0.3 is 6.18 Å². The second kappa shape index (κ2) is 8.43. The minimum atomic E-state index is -4.37. The number of carbonyl (C=O) groups excluding carboxylic acids is 1. The number of ether oxygens (including phenoxy) is 1. The van der Waals surface area contributed by atoms with E-state index < -0.39 is 24.7 Å². The summed E-state index contributed by atoms with van der Waals surface area (Å²) in [6.45, 7) is 5.05. The maximum absolute atomic E-state index is 11.9. The number of rotatable bonds is 7. The van der Waals surface area contributed by atoms with Crippen molar-refractivity contribution >= 4 is 5.91 Å². The highest BCUT2D eigenvalue weighted by Crippen LogP contribution is 2.12. The Morgan fingerprint density at radius 2 is 2.00 bits per heavy atom. The van der Waals surface area contributed by atoms with E-state index in [1.165, 1.54) is 0 Å². The molecule has 0 aromatic carbocycles. The third-order valence-electron chi connectivity index (χ3n) is 3.06. The van der Waals surface area contributed by atoms with Crippen LogP contribution in [0.5, 0.6) is 0 Å². The zero-order valence-electron chi connectivity index (χ0n) is 11.6. The molecule has 0 aromatic heterocycles. The van der Waals surface area contributed by atoms with E-state index in [0.29, 0.717) is 6.54 Å². The fourth-order valence-corrected chi connectivity index (χ4v) is 1.88. The molecule has 1 aliphatic rings. The molecule has 1 aliphatic heterocycles. The molecule has 1 heterocycles. The maximum atomic E-state index is 11.9. The molecule has 0 aromatic rings. The van der Waals surface area contributed by atoms with Crippen LogP contribution < -0.4 is 10.6 Å². The summed E-state index contributed by atoms with van der Waals surface area (Å²) in [5, 5.41) is 4.78. The summed E-state index contributed by atoms with van der Waals surface area (Å²) < 4.78 is 41.1. The van der Waals surface area contributed by atoms with Gasteiger partial charge in [-0.3, -0.25) is 9.69 Å². The monoisotopic (exact) mass is 297 g/mol. The fraction of sp³-hybridized carbons (Fsp3) is 0.917. The number of nitrogens with one attached hydrogen (secondary N) is 2. The summed E-state index contributed by atoms with van der Waals surface area (Å²) in [7, 11) is 0. The van der Waals surface area contributed by atoms with Crippen LogP contribution in [0.15, 0.2) is 0 Å². The van der Waals surface area contributed by atoms with E-state index in [2.05, 4.69) is 10.2 Å². The normalized spacial score (nSPS) is 18.8. The molecule has 0 saturated carbocycles. The van der Waals surface area contributed by atoms with E-state index in [0.717, 1.165) is 39.3 Å². The Bertz CT molecular complexity index is 294. The smallest absolute Gasteiger partial charge is 0.379 e. The van der Waals surface area contributed by atoms with Crippen LogP contribution in [0.4, 0.5) is 13.2 Å². The van der Waals surface area contributed by atoms with Crippen molar-refractivity contribution in [2.75, 3.05) is 45.9 Å². The molecule has 20 heavy (non-hydrogen) atoms. The first kappa shape index (κ1) is 17.2. The summed E-state index contributed by atoms with van der Waals surface area (Å²) in [6.07, 6.45) is -3.53. The molecular weight excluding hydrogens is 275 g/mol. The van der Waals surface area contributed by atoms with Gasteiger partial charge in [-0.15, -0.1) is 0 Å². The van der Waals surface area contributed by atoms with Crippen molar-refractivity contribution in [2.45, 2.75) is 25.6 Å². The summed E-state index contributed by atoms with van der Waals surface area (Å²) >= 11 is 0. The zero-order chi connectivity index (χ0) is 15.0. The molecule has 5 nitrogen and oxygen atoms in total. The van der Waals surface area contributed by atoms with Gasteiger partial charge in [0.25, 0.3) is 0 Å². The zero-order valence-corrected chi connectivity index (χ0v) is 11.6. The lowest BCUT2D eigenvalue weighted by atomic mass is 10.3. The fourth-order valence-electron chi connectivity index (χ4n) is 1.88. The average Bonchev–Trinajstić information content (AvgIpc) is 2.41. The Morgan fingerprint density at radius 1 is 1.35 bits per heavy atom. The van der Waals surface area contributed by atoms with Crippen LogP contribution in [0, 0.1) is 0 Å². The van der Waals surface area contributed by atoms with Gasteiger partial charge in [-0.25, -0.2) is 0 Å². The Labute approximate surface area is 116 Å². The molecular formula is C12H22F3N3O2. The second-order valence-corrected chi connectivity index (χ2v) is 4.82. The van der Waals surface area contributed by atoms with Gasteiger partial charge < -0.3 is 15.4 Å². The van der Waals surface area contributed by atoms with Crippen molar-refractivity contribution in [3.8, 4) is 0 Å². The minimum absolute atomic E-state index is 0.595. The first-order chi connectivity index (χ1) is 9.38. The van der Waals surface area contributed by atoms with Crippen molar-refractivity contribution in [2.24, 2.45) is 0 Å². The molecule has 0 radical (unpaired) electrons. The Hall–Kier alpha value is -0.860. The third-order valence-corrected chi connectivity index (χ3v) is 3.06. The second-order valence-electron chi connectivity index (χ2n) is 4.82. The molecule has 1 fully saturated rings. The van der Waals surface area contributed by atoms with E-state index >= 15 is 0 Å². The predicted molar refractivity (Wildman–Crippen MR) is 68.4 cm³/mol. The highest BCUT2D eigenvalue weighted by atomic mass is 19.4. The summed E-state index contributed by atoms with van der Waals surface area (Å²) in [5.41, 5.74) is 0. The molecule has 118 valence electrons. The molecule has 1 rings (SSSR count). The van der Waals surface area contributed by atoms with Gasteiger partial charge in [0, 0.05) is 13.1 Å². The molecule has 1 unspecified atom stereocenters. The Kier molecular flexibility index (Phi) is 7.25. The Balaban J connectivity index is 2.06. The molecule has 2 N–H and O–H groups in total. The summed E-state index contributed by atoms with van der Waals surface area (Å²) in [4.78, 5) is 13.6. The topological polar surface area (TPSA) is 53.6 Å². The lowest BCUT2D eigenvalue weighted by Crippen LogP contribution is -2.46. The van der Waals surface area contributed by atoms with Crippen LogP contribution >= 0.6 is 0 Å². The van der Waals surface area contributed by atoms with Gasteiger partial charge in [-0.2, -0.15) is 13.2 Å². The maximum Gasteiger partial charge on any atom is 0.405 e. The molecule has 0 spiro atoms. The molecule has 1 saturated heterocycles. The standard InChI is InChI=1S/C12H22F3N3O2/c1-10(11(19)17-9-12(13,14)15)16-3-2-4-18-5-7-20-8-6-18/h10,16H,2-9H2,1H3,(H,17,19). The number of hydrogen-bond donors (Lipinski definition) is 2. The molecule has 0 aliphatic carbocycles. The van der Waals surface area contributed by atoms with Crippen LogP contribution in [-0.2, 0) is 9.53 Å². The van der Waals surface area contributed by atoms with Crippen molar-refractivity contribution in [1.82, 2.24) is 15.5 Å². The number of alkyl halides is 3. The van der Waals surface area contributed by atoms with E-state index in [9.17, 15) is 18.0 Å². The number of halogens is 3. The quantitative estimate of drug-likeness (QED) is 0.667. The van der Waals surface area contributed by atoms with Gasteiger partial charge in [0.1, 0.15) is 6.54 Å². The van der Waals surface area contributed by atoms with Gasteiger partial charge in [0.05, 0.1) is 19.3 Å². The largest absolute Gasteiger partial charge is 0.405 e. The molecule has 1 amide bonds. The van der Waals surface area contributed by atoms with E-state index in [1.54, 1.807) is 6.92 Å². The van der Waals surface area contributed by atoms with Crippen molar-refractivity contribution in [3.63, 3.8) is 0 Å². The van der Waals surface area contributed by atoms with Crippen molar-refractivity contribution < 1.29 is 22.7 Å². The van der Waals surface area contributed by atoms with E-state index in [1.807, 2.05) is 5.32 Å². The summed E-state index contributed by atoms with van der Waals surface area (Å²) in [6, 6.07) is -0.623. The van der Waals surface area contributed by atoms with Crippen LogP contribution in [-0.4, -0.2) is 69.0 Å². The van der Waals surface area contributed by atoms with Crippen LogP contribution in [0.1, 0.15) is 13.3 Å². The SMILES string of the molecule is CC(NCCCN1CCOCC1)C(=O)NCC(F)(F)F. The minimum Gasteiger partial charge on any atom is -0.379 e. The average molecular weight is 297 g/mol. The van der Waals surface area contributed by atoms with Gasteiger partial charge in [-0.05, 0) is 26.4 Å². The number of amides is 1. The highest BCUT2D eigenvalue weighted by molar-refractivity contribution is 5.81. The summed E-state index contributed by atoms with van der Waals surface area (Å²) in [5.74, 6) is -0.631. The van der Waals surface area contributed by atoms with Crippen LogP contribution in [0.3, 0.4) is 0 Å². The molecule has 8 heteroatoms. The first-order valence-corrected chi connectivity index (χ1v) is 6.76. The van der Waals surface area contributed by atoms with Crippen LogP contribution in [0.25, 0.3) is 0 Å². The molecule has 0 bridgehead atoms. The first-order valence-electron chi connectivity index (χ1n) is 6.76. The van der Waals surface area contributed by atoms with Crippen molar-refractivity contribution in [3.05, 3.63) is 0 Å². The van der Waals surface area contributed by atoms with Gasteiger partial charge in [-0.1, -0.05) is 0 Å². The Morgan fingerprint density at radius 3 is 2.60 bits per heavy atom. The third kappa shape index (κ3) is 7.66. The van der Waals surface area contributed by atoms with E-state index in [-0.39, 0.29) is 0 Å². The number of morpholine rings is 1. The number of nitrogens with zero attached hydrogens (tertiary/aromatic N) is 1. The predicted octanol–water partition coefficient (Wildman–Crippen LogP) is 0.365. The van der Waals surface area contributed by atoms with Gasteiger partial charge in [0.15, 0.2) is 0 Å². The van der Waals surface area contributed by atoms with Crippen molar-refractivity contribution in [1.29, 1.82) is 0 Å². The van der Waals surface area contributed by atoms with E-state index in [4.69, 9.17) is 4.74 Å². The van der Waals surface area contributed by atoms with Crippen LogP contribution in [0.2, 0.25) is 0 Å². The lowest BCUT2D eigenvalue weighted by molar-refractivity contribution is -0.139. The molecule has 1 atom stereocenters. The van der Waals surface area contributed by atoms with Gasteiger partial charge in [0.2, 0.25) is 5.91 Å². The number of hydrogen-bond acceptors (Lipinski definition) is 4. The number of carbonyl (C=O) groups is 1.